The number of carbonyl (C=O) groups excluding carboxylic acids is 1. The molecule has 1 fully saturated rings. The fraction of sp³-hybridized carbons (Fsp3) is 0.450. The SMILES string of the molecule is O=C(CCc1cccc2ccccc12)NCC1CCCCC1. The van der Waals surface area contributed by atoms with Gasteiger partial charge in [-0.2, -0.15) is 0 Å². The van der Waals surface area contributed by atoms with Crippen molar-refractivity contribution in [2.24, 2.45) is 5.92 Å². The molecule has 2 nitrogen and oxygen atoms in total. The Labute approximate surface area is 132 Å². The van der Waals surface area contributed by atoms with Crippen LogP contribution in [0.1, 0.15) is 44.1 Å². The van der Waals surface area contributed by atoms with Crippen molar-refractivity contribution in [2.75, 3.05) is 6.54 Å². The quantitative estimate of drug-likeness (QED) is 0.866. The minimum atomic E-state index is 0.193. The van der Waals surface area contributed by atoms with E-state index in [1.165, 1.54) is 48.4 Å². The summed E-state index contributed by atoms with van der Waals surface area (Å²) < 4.78 is 0. The number of benzene rings is 2. The Hall–Kier alpha value is -1.83. The molecule has 0 spiro atoms. The van der Waals surface area contributed by atoms with Crippen molar-refractivity contribution in [3.05, 3.63) is 48.0 Å². The number of fused-ring (bicyclic) bond motifs is 1. The Morgan fingerprint density at radius 1 is 1.00 bits per heavy atom. The summed E-state index contributed by atoms with van der Waals surface area (Å²) in [7, 11) is 0. The second kappa shape index (κ2) is 7.44. The van der Waals surface area contributed by atoms with E-state index in [9.17, 15) is 4.79 Å². The Bertz CT molecular complexity index is 623. The summed E-state index contributed by atoms with van der Waals surface area (Å²) in [6.45, 7) is 0.869. The van der Waals surface area contributed by atoms with E-state index in [-0.39, 0.29) is 5.91 Å². The second-order valence-electron chi connectivity index (χ2n) is 6.45. The van der Waals surface area contributed by atoms with E-state index in [2.05, 4.69) is 47.8 Å². The van der Waals surface area contributed by atoms with E-state index in [0.29, 0.717) is 12.3 Å². The van der Waals surface area contributed by atoms with Crippen LogP contribution in [0.15, 0.2) is 42.5 Å². The van der Waals surface area contributed by atoms with Gasteiger partial charge in [0, 0.05) is 13.0 Å². The van der Waals surface area contributed by atoms with E-state index in [1.54, 1.807) is 0 Å². The molecule has 0 unspecified atom stereocenters. The number of carbonyl (C=O) groups is 1. The maximum Gasteiger partial charge on any atom is 0.220 e. The first-order chi connectivity index (χ1) is 10.8. The average Bonchev–Trinajstić information content (AvgIpc) is 2.59. The fourth-order valence-corrected chi connectivity index (χ4v) is 3.50. The Morgan fingerprint density at radius 3 is 2.64 bits per heavy atom. The lowest BCUT2D eigenvalue weighted by atomic mass is 9.89. The van der Waals surface area contributed by atoms with Crippen LogP contribution in [0.5, 0.6) is 0 Å². The first kappa shape index (κ1) is 15.1. The van der Waals surface area contributed by atoms with Crippen molar-refractivity contribution >= 4 is 16.7 Å². The zero-order valence-electron chi connectivity index (χ0n) is 13.2. The molecule has 2 aromatic rings. The van der Waals surface area contributed by atoms with Crippen LogP contribution in [-0.4, -0.2) is 12.5 Å². The Morgan fingerprint density at radius 2 is 1.77 bits per heavy atom. The van der Waals surface area contributed by atoms with Gasteiger partial charge in [-0.1, -0.05) is 61.7 Å². The van der Waals surface area contributed by atoms with Gasteiger partial charge >= 0.3 is 0 Å². The van der Waals surface area contributed by atoms with Gasteiger partial charge in [0.25, 0.3) is 0 Å². The molecule has 0 heterocycles. The molecule has 2 aromatic carbocycles. The van der Waals surface area contributed by atoms with Crippen LogP contribution in [0.4, 0.5) is 0 Å². The molecular formula is C20H25NO. The number of aryl methyl sites for hydroxylation is 1. The van der Waals surface area contributed by atoms with Gasteiger partial charge in [0.1, 0.15) is 0 Å². The van der Waals surface area contributed by atoms with E-state index < -0.39 is 0 Å². The van der Waals surface area contributed by atoms with Crippen LogP contribution in [0.3, 0.4) is 0 Å². The molecule has 2 heteroatoms. The van der Waals surface area contributed by atoms with Gasteiger partial charge in [0.2, 0.25) is 5.91 Å². The number of rotatable bonds is 5. The molecular weight excluding hydrogens is 270 g/mol. The lowest BCUT2D eigenvalue weighted by Crippen LogP contribution is -2.30. The van der Waals surface area contributed by atoms with Gasteiger partial charge < -0.3 is 5.32 Å². The molecule has 3 rings (SSSR count). The molecule has 22 heavy (non-hydrogen) atoms. The minimum absolute atomic E-state index is 0.193. The highest BCUT2D eigenvalue weighted by molar-refractivity contribution is 5.86. The molecule has 1 aliphatic rings. The summed E-state index contributed by atoms with van der Waals surface area (Å²) in [5.41, 5.74) is 1.27. The normalized spacial score (nSPS) is 15.8. The molecule has 1 aliphatic carbocycles. The van der Waals surface area contributed by atoms with Gasteiger partial charge in [0.15, 0.2) is 0 Å². The largest absolute Gasteiger partial charge is 0.356 e. The van der Waals surface area contributed by atoms with Crippen molar-refractivity contribution in [3.63, 3.8) is 0 Å². The summed E-state index contributed by atoms with van der Waals surface area (Å²) in [5, 5.41) is 5.65. The van der Waals surface area contributed by atoms with Crippen LogP contribution in [0, 0.1) is 5.92 Å². The van der Waals surface area contributed by atoms with E-state index >= 15 is 0 Å². The second-order valence-corrected chi connectivity index (χ2v) is 6.45. The third-order valence-corrected chi connectivity index (χ3v) is 4.81. The summed E-state index contributed by atoms with van der Waals surface area (Å²) in [4.78, 5) is 12.1. The monoisotopic (exact) mass is 295 g/mol. The number of nitrogens with one attached hydrogen (secondary N) is 1. The van der Waals surface area contributed by atoms with Crippen molar-refractivity contribution in [1.82, 2.24) is 5.32 Å². The average molecular weight is 295 g/mol. The van der Waals surface area contributed by atoms with Gasteiger partial charge in [-0.15, -0.1) is 0 Å². The lowest BCUT2D eigenvalue weighted by Gasteiger charge is -2.21. The number of hydrogen-bond acceptors (Lipinski definition) is 1. The molecule has 0 aliphatic heterocycles. The van der Waals surface area contributed by atoms with Crippen LogP contribution >= 0.6 is 0 Å². The topological polar surface area (TPSA) is 29.1 Å². The van der Waals surface area contributed by atoms with Crippen LogP contribution in [0.25, 0.3) is 10.8 Å². The predicted octanol–water partition coefficient (Wildman–Crippen LogP) is 4.47. The van der Waals surface area contributed by atoms with Crippen LogP contribution in [0.2, 0.25) is 0 Å². The maximum atomic E-state index is 12.1. The number of amides is 1. The lowest BCUT2D eigenvalue weighted by molar-refractivity contribution is -0.121. The van der Waals surface area contributed by atoms with Gasteiger partial charge in [-0.25, -0.2) is 0 Å². The predicted molar refractivity (Wildman–Crippen MR) is 91.9 cm³/mol. The fourth-order valence-electron chi connectivity index (χ4n) is 3.50. The van der Waals surface area contributed by atoms with Crippen LogP contribution in [-0.2, 0) is 11.2 Å². The summed E-state index contributed by atoms with van der Waals surface area (Å²) in [6, 6.07) is 14.7. The van der Waals surface area contributed by atoms with E-state index in [0.717, 1.165) is 13.0 Å². The van der Waals surface area contributed by atoms with E-state index in [4.69, 9.17) is 0 Å². The molecule has 0 bridgehead atoms. The summed E-state index contributed by atoms with van der Waals surface area (Å²) in [6.07, 6.45) is 7.99. The summed E-state index contributed by atoms with van der Waals surface area (Å²) >= 11 is 0. The van der Waals surface area contributed by atoms with Crippen molar-refractivity contribution in [2.45, 2.75) is 44.9 Å². The molecule has 1 amide bonds. The van der Waals surface area contributed by atoms with Gasteiger partial charge in [-0.05, 0) is 41.5 Å². The molecule has 0 aromatic heterocycles. The maximum absolute atomic E-state index is 12.1. The van der Waals surface area contributed by atoms with E-state index in [1.807, 2.05) is 0 Å². The Kier molecular flexibility index (Phi) is 5.10. The van der Waals surface area contributed by atoms with Crippen molar-refractivity contribution in [1.29, 1.82) is 0 Å². The van der Waals surface area contributed by atoms with Crippen molar-refractivity contribution < 1.29 is 4.79 Å². The molecule has 1 saturated carbocycles. The third-order valence-electron chi connectivity index (χ3n) is 4.81. The zero-order valence-corrected chi connectivity index (χ0v) is 13.2. The summed E-state index contributed by atoms with van der Waals surface area (Å²) in [5.74, 6) is 0.897. The standard InChI is InChI=1S/C20H25NO/c22-20(21-15-16-7-2-1-3-8-16)14-13-18-11-6-10-17-9-4-5-12-19(17)18/h4-6,9-12,16H,1-3,7-8,13-15H2,(H,21,22). The first-order valence-electron chi connectivity index (χ1n) is 8.56. The minimum Gasteiger partial charge on any atom is -0.356 e. The highest BCUT2D eigenvalue weighted by Crippen LogP contribution is 2.23. The molecule has 0 saturated heterocycles. The molecule has 0 radical (unpaired) electrons. The van der Waals surface area contributed by atoms with Gasteiger partial charge in [-0.3, -0.25) is 4.79 Å². The third kappa shape index (κ3) is 3.88. The molecule has 1 N–H and O–H groups in total. The smallest absolute Gasteiger partial charge is 0.220 e. The van der Waals surface area contributed by atoms with Crippen molar-refractivity contribution in [3.8, 4) is 0 Å². The van der Waals surface area contributed by atoms with Crippen LogP contribution < -0.4 is 5.32 Å². The number of hydrogen-bond donors (Lipinski definition) is 1. The zero-order chi connectivity index (χ0) is 15.2. The molecule has 116 valence electrons. The molecule has 0 atom stereocenters. The van der Waals surface area contributed by atoms with Gasteiger partial charge in [0.05, 0.1) is 0 Å². The highest BCUT2D eigenvalue weighted by atomic mass is 16.1. The highest BCUT2D eigenvalue weighted by Gasteiger charge is 2.14. The first-order valence-corrected chi connectivity index (χ1v) is 8.56. The Balaban J connectivity index is 1.51.